The van der Waals surface area contributed by atoms with Gasteiger partial charge in [0.25, 0.3) is 0 Å². The lowest BCUT2D eigenvalue weighted by Gasteiger charge is -2.34. The molecule has 1 aliphatic heterocycles. The molecule has 1 fully saturated rings. The van der Waals surface area contributed by atoms with Gasteiger partial charge in [0, 0.05) is 30.1 Å². The third-order valence-electron chi connectivity index (χ3n) is 4.02. The number of hydrogen-bond acceptors (Lipinski definition) is 4. The predicted octanol–water partition coefficient (Wildman–Crippen LogP) is 4.08. The van der Waals surface area contributed by atoms with E-state index in [-0.39, 0.29) is 5.54 Å². The first kappa shape index (κ1) is 16.8. The summed E-state index contributed by atoms with van der Waals surface area (Å²) in [5, 5.41) is 4.83. The summed E-state index contributed by atoms with van der Waals surface area (Å²) in [6.45, 7) is 16.8. The summed E-state index contributed by atoms with van der Waals surface area (Å²) in [5.41, 5.74) is 1.43. The van der Waals surface area contributed by atoms with Crippen LogP contribution in [0.2, 0.25) is 0 Å². The second-order valence-electron chi connectivity index (χ2n) is 7.67. The molecule has 1 aromatic rings. The van der Waals surface area contributed by atoms with Crippen LogP contribution in [0.15, 0.2) is 0 Å². The Balaban J connectivity index is 2.12. The SMILES string of the molecule is CCc1nc(N2CC(C)CC(C)C2)sc1CNC(C)(C)C. The molecule has 1 aromatic heterocycles. The molecule has 21 heavy (non-hydrogen) atoms. The van der Waals surface area contributed by atoms with Crippen molar-refractivity contribution >= 4 is 16.5 Å². The molecule has 0 aromatic carbocycles. The van der Waals surface area contributed by atoms with Crippen LogP contribution in [0, 0.1) is 11.8 Å². The quantitative estimate of drug-likeness (QED) is 0.908. The van der Waals surface area contributed by atoms with E-state index in [0.29, 0.717) is 0 Å². The number of anilines is 1. The Morgan fingerprint density at radius 3 is 2.38 bits per heavy atom. The highest BCUT2D eigenvalue weighted by atomic mass is 32.1. The van der Waals surface area contributed by atoms with E-state index < -0.39 is 0 Å². The van der Waals surface area contributed by atoms with Crippen LogP contribution in [0.3, 0.4) is 0 Å². The zero-order chi connectivity index (χ0) is 15.6. The maximum atomic E-state index is 4.93. The molecule has 2 heterocycles. The van der Waals surface area contributed by atoms with Gasteiger partial charge in [-0.05, 0) is 45.4 Å². The van der Waals surface area contributed by atoms with Gasteiger partial charge in [0.05, 0.1) is 5.69 Å². The molecule has 3 nitrogen and oxygen atoms in total. The summed E-state index contributed by atoms with van der Waals surface area (Å²) in [4.78, 5) is 8.84. The molecule has 2 atom stereocenters. The molecule has 0 saturated carbocycles. The number of nitrogens with one attached hydrogen (secondary N) is 1. The molecular formula is C17H31N3S. The molecule has 2 rings (SSSR count). The molecule has 0 aliphatic carbocycles. The molecule has 0 radical (unpaired) electrons. The maximum absolute atomic E-state index is 4.93. The maximum Gasteiger partial charge on any atom is 0.185 e. The highest BCUT2D eigenvalue weighted by Gasteiger charge is 2.25. The van der Waals surface area contributed by atoms with Gasteiger partial charge < -0.3 is 10.2 Å². The Morgan fingerprint density at radius 2 is 1.86 bits per heavy atom. The van der Waals surface area contributed by atoms with Crippen molar-refractivity contribution in [2.75, 3.05) is 18.0 Å². The third-order valence-corrected chi connectivity index (χ3v) is 5.18. The minimum absolute atomic E-state index is 0.156. The summed E-state index contributed by atoms with van der Waals surface area (Å²) in [6, 6.07) is 0. The fourth-order valence-electron chi connectivity index (χ4n) is 3.08. The van der Waals surface area contributed by atoms with Gasteiger partial charge in [-0.25, -0.2) is 4.98 Å². The number of hydrogen-bond donors (Lipinski definition) is 1. The highest BCUT2D eigenvalue weighted by Crippen LogP contribution is 2.32. The third kappa shape index (κ3) is 4.68. The fraction of sp³-hybridized carbons (Fsp3) is 0.824. The summed E-state index contributed by atoms with van der Waals surface area (Å²) in [6.07, 6.45) is 2.37. The lowest BCUT2D eigenvalue weighted by Crippen LogP contribution is -2.38. The molecule has 120 valence electrons. The Bertz CT molecular complexity index is 451. The van der Waals surface area contributed by atoms with E-state index in [2.05, 4.69) is 51.8 Å². The Morgan fingerprint density at radius 1 is 1.24 bits per heavy atom. The van der Waals surface area contributed by atoms with Crippen molar-refractivity contribution in [2.24, 2.45) is 11.8 Å². The normalized spacial score (nSPS) is 23.6. The van der Waals surface area contributed by atoms with E-state index in [1.54, 1.807) is 0 Å². The zero-order valence-corrected chi connectivity index (χ0v) is 15.3. The van der Waals surface area contributed by atoms with Gasteiger partial charge in [0.1, 0.15) is 0 Å². The van der Waals surface area contributed by atoms with Crippen LogP contribution in [0.5, 0.6) is 0 Å². The van der Waals surface area contributed by atoms with Crippen LogP contribution in [0.25, 0.3) is 0 Å². The van der Waals surface area contributed by atoms with E-state index in [9.17, 15) is 0 Å². The standard InChI is InChI=1S/C17H31N3S/c1-7-14-15(9-18-17(4,5)6)21-16(19-14)20-10-12(2)8-13(3)11-20/h12-13,18H,7-11H2,1-6H3. The van der Waals surface area contributed by atoms with Crippen LogP contribution in [0.4, 0.5) is 5.13 Å². The number of nitrogens with zero attached hydrogens (tertiary/aromatic N) is 2. The first-order valence-electron chi connectivity index (χ1n) is 8.27. The predicted molar refractivity (Wildman–Crippen MR) is 93.2 cm³/mol. The average Bonchev–Trinajstić information content (AvgIpc) is 2.77. The second kappa shape index (κ2) is 6.66. The highest BCUT2D eigenvalue weighted by molar-refractivity contribution is 7.15. The van der Waals surface area contributed by atoms with Gasteiger partial charge in [-0.3, -0.25) is 0 Å². The monoisotopic (exact) mass is 309 g/mol. The molecule has 0 amide bonds. The van der Waals surface area contributed by atoms with Crippen LogP contribution < -0.4 is 10.2 Å². The zero-order valence-electron chi connectivity index (χ0n) is 14.5. The molecule has 2 unspecified atom stereocenters. The van der Waals surface area contributed by atoms with E-state index in [0.717, 1.165) is 37.9 Å². The first-order valence-corrected chi connectivity index (χ1v) is 9.08. The minimum Gasteiger partial charge on any atom is -0.348 e. The van der Waals surface area contributed by atoms with Gasteiger partial charge in [-0.2, -0.15) is 0 Å². The smallest absolute Gasteiger partial charge is 0.185 e. The number of rotatable bonds is 4. The van der Waals surface area contributed by atoms with Crippen molar-refractivity contribution in [3.63, 3.8) is 0 Å². The van der Waals surface area contributed by atoms with Gasteiger partial charge in [0.15, 0.2) is 5.13 Å². The van der Waals surface area contributed by atoms with E-state index in [1.165, 1.54) is 22.1 Å². The van der Waals surface area contributed by atoms with Gasteiger partial charge >= 0.3 is 0 Å². The molecule has 1 aliphatic rings. The number of piperidine rings is 1. The number of aromatic nitrogens is 1. The Labute approximate surface area is 134 Å². The van der Waals surface area contributed by atoms with Crippen LogP contribution in [0.1, 0.15) is 58.5 Å². The summed E-state index contributed by atoms with van der Waals surface area (Å²) in [7, 11) is 0. The van der Waals surface area contributed by atoms with Crippen molar-refractivity contribution in [2.45, 2.75) is 66.5 Å². The van der Waals surface area contributed by atoms with Crippen molar-refractivity contribution in [3.05, 3.63) is 10.6 Å². The molecule has 0 bridgehead atoms. The van der Waals surface area contributed by atoms with Crippen molar-refractivity contribution in [1.82, 2.24) is 10.3 Å². The van der Waals surface area contributed by atoms with Crippen LogP contribution in [-0.4, -0.2) is 23.6 Å². The minimum atomic E-state index is 0.156. The second-order valence-corrected chi connectivity index (χ2v) is 8.74. The summed E-state index contributed by atoms with van der Waals surface area (Å²) >= 11 is 1.89. The largest absolute Gasteiger partial charge is 0.348 e. The molecule has 1 saturated heterocycles. The van der Waals surface area contributed by atoms with E-state index >= 15 is 0 Å². The average molecular weight is 310 g/mol. The van der Waals surface area contributed by atoms with Crippen molar-refractivity contribution in [1.29, 1.82) is 0 Å². The lowest BCUT2D eigenvalue weighted by atomic mass is 9.92. The molecule has 4 heteroatoms. The molecule has 1 N–H and O–H groups in total. The Kier molecular flexibility index (Phi) is 5.31. The molecule has 0 spiro atoms. The lowest BCUT2D eigenvalue weighted by molar-refractivity contribution is 0.356. The first-order chi connectivity index (χ1) is 9.78. The van der Waals surface area contributed by atoms with Crippen LogP contribution >= 0.6 is 11.3 Å². The molecular weight excluding hydrogens is 278 g/mol. The van der Waals surface area contributed by atoms with Gasteiger partial charge in [-0.1, -0.05) is 20.8 Å². The number of thiazole rings is 1. The topological polar surface area (TPSA) is 28.2 Å². The summed E-state index contributed by atoms with van der Waals surface area (Å²) in [5.74, 6) is 1.55. The van der Waals surface area contributed by atoms with Gasteiger partial charge in [0.2, 0.25) is 0 Å². The van der Waals surface area contributed by atoms with Gasteiger partial charge in [-0.15, -0.1) is 11.3 Å². The van der Waals surface area contributed by atoms with Crippen LogP contribution in [-0.2, 0) is 13.0 Å². The number of aryl methyl sites for hydroxylation is 1. The van der Waals surface area contributed by atoms with Crippen molar-refractivity contribution in [3.8, 4) is 0 Å². The summed E-state index contributed by atoms with van der Waals surface area (Å²) < 4.78 is 0. The van der Waals surface area contributed by atoms with E-state index in [4.69, 9.17) is 4.98 Å². The van der Waals surface area contributed by atoms with Crippen molar-refractivity contribution < 1.29 is 0 Å². The fourth-order valence-corrected chi connectivity index (χ4v) is 4.19. The Hall–Kier alpha value is -0.610. The van der Waals surface area contributed by atoms with E-state index in [1.807, 2.05) is 11.3 Å².